The molecule has 1 N–H and O–H groups in total. The Morgan fingerprint density at radius 3 is 2.85 bits per heavy atom. The second-order valence-corrected chi connectivity index (χ2v) is 5.64. The molecule has 0 aliphatic heterocycles. The molecular formula is C17H21FN2. The van der Waals surface area contributed by atoms with Gasteiger partial charge in [-0.2, -0.15) is 0 Å². The lowest BCUT2D eigenvalue weighted by molar-refractivity contribution is 0.633. The molecule has 1 aliphatic rings. The van der Waals surface area contributed by atoms with E-state index in [-0.39, 0.29) is 5.82 Å². The summed E-state index contributed by atoms with van der Waals surface area (Å²) in [5.74, 6) is 0.281. The van der Waals surface area contributed by atoms with Crippen LogP contribution >= 0.6 is 0 Å². The van der Waals surface area contributed by atoms with Crippen LogP contribution in [0, 0.1) is 5.82 Å². The van der Waals surface area contributed by atoms with Gasteiger partial charge in [-0.05, 0) is 31.4 Å². The maximum absolute atomic E-state index is 14.1. The van der Waals surface area contributed by atoms with Crippen molar-refractivity contribution in [1.29, 1.82) is 0 Å². The van der Waals surface area contributed by atoms with Crippen LogP contribution in [0.15, 0.2) is 24.3 Å². The molecule has 20 heavy (non-hydrogen) atoms. The zero-order valence-corrected chi connectivity index (χ0v) is 12.0. The van der Waals surface area contributed by atoms with Gasteiger partial charge in [0.05, 0.1) is 0 Å². The Hall–Kier alpha value is -1.64. The summed E-state index contributed by atoms with van der Waals surface area (Å²) < 4.78 is 14.1. The molecular weight excluding hydrogens is 251 g/mol. The van der Waals surface area contributed by atoms with E-state index in [0.717, 1.165) is 29.7 Å². The first-order chi connectivity index (χ1) is 9.79. The topological polar surface area (TPSA) is 24.9 Å². The van der Waals surface area contributed by atoms with Crippen LogP contribution in [0.2, 0.25) is 0 Å². The first-order valence-corrected chi connectivity index (χ1v) is 7.62. The molecule has 1 heterocycles. The van der Waals surface area contributed by atoms with E-state index in [1.807, 2.05) is 6.07 Å². The van der Waals surface area contributed by atoms with Crippen molar-refractivity contribution in [2.45, 2.75) is 44.9 Å². The minimum Gasteiger partial charge on any atom is -0.384 e. The average Bonchev–Trinajstić information content (AvgIpc) is 2.99. The first kappa shape index (κ1) is 13.3. The molecule has 3 heteroatoms. The van der Waals surface area contributed by atoms with Gasteiger partial charge in [0, 0.05) is 29.2 Å². The van der Waals surface area contributed by atoms with Crippen LogP contribution < -0.4 is 5.32 Å². The summed E-state index contributed by atoms with van der Waals surface area (Å²) in [4.78, 5) is 4.61. The van der Waals surface area contributed by atoms with Crippen LogP contribution in [0.5, 0.6) is 0 Å². The van der Waals surface area contributed by atoms with E-state index in [1.54, 1.807) is 6.07 Å². The van der Waals surface area contributed by atoms with Crippen molar-refractivity contribution in [3.05, 3.63) is 35.8 Å². The zero-order chi connectivity index (χ0) is 13.9. The van der Waals surface area contributed by atoms with E-state index in [4.69, 9.17) is 0 Å². The summed E-state index contributed by atoms with van der Waals surface area (Å²) in [6.07, 6.45) is 5.94. The molecule has 0 radical (unpaired) electrons. The van der Waals surface area contributed by atoms with Crippen molar-refractivity contribution >= 4 is 16.6 Å². The lowest BCUT2D eigenvalue weighted by Crippen LogP contribution is -2.05. The number of hydrogen-bond donors (Lipinski definition) is 1. The lowest BCUT2D eigenvalue weighted by Gasteiger charge is -2.15. The molecule has 1 saturated carbocycles. The van der Waals surface area contributed by atoms with Gasteiger partial charge in [-0.25, -0.2) is 9.37 Å². The van der Waals surface area contributed by atoms with Crippen molar-refractivity contribution in [3.8, 4) is 0 Å². The number of pyridine rings is 1. The molecule has 2 aromatic rings. The molecule has 0 saturated heterocycles. The number of hydrogen-bond acceptors (Lipinski definition) is 2. The molecule has 1 aliphatic carbocycles. The number of anilines is 1. The second kappa shape index (κ2) is 5.78. The van der Waals surface area contributed by atoms with E-state index in [0.29, 0.717) is 11.4 Å². The van der Waals surface area contributed by atoms with Crippen molar-refractivity contribution in [3.63, 3.8) is 0 Å². The average molecular weight is 272 g/mol. The van der Waals surface area contributed by atoms with Gasteiger partial charge in [0.15, 0.2) is 0 Å². The molecule has 0 bridgehead atoms. The van der Waals surface area contributed by atoms with Gasteiger partial charge in [0.25, 0.3) is 0 Å². The Kier molecular flexibility index (Phi) is 3.86. The third-order valence-electron chi connectivity index (χ3n) is 4.15. The predicted molar refractivity (Wildman–Crippen MR) is 81.7 cm³/mol. The largest absolute Gasteiger partial charge is 0.384 e. The Morgan fingerprint density at radius 1 is 1.30 bits per heavy atom. The van der Waals surface area contributed by atoms with Crippen LogP contribution in [0.4, 0.5) is 10.1 Å². The van der Waals surface area contributed by atoms with Crippen LogP contribution in [-0.2, 0) is 0 Å². The second-order valence-electron chi connectivity index (χ2n) is 5.64. The SMILES string of the molecule is CCCNc1cc(C2CCCC2)nc2c(F)cccc12. The predicted octanol–water partition coefficient (Wildman–Crippen LogP) is 4.85. The smallest absolute Gasteiger partial charge is 0.149 e. The lowest BCUT2D eigenvalue weighted by atomic mass is 10.0. The highest BCUT2D eigenvalue weighted by Gasteiger charge is 2.20. The number of halogens is 1. The van der Waals surface area contributed by atoms with E-state index in [1.165, 1.54) is 31.7 Å². The number of aromatic nitrogens is 1. The Morgan fingerprint density at radius 2 is 2.10 bits per heavy atom. The summed E-state index contributed by atoms with van der Waals surface area (Å²) >= 11 is 0. The van der Waals surface area contributed by atoms with Gasteiger partial charge in [0.1, 0.15) is 11.3 Å². The van der Waals surface area contributed by atoms with Gasteiger partial charge >= 0.3 is 0 Å². The standard InChI is InChI=1S/C17H21FN2/c1-2-10-19-16-11-15(12-6-3-4-7-12)20-17-13(16)8-5-9-14(17)18/h5,8-9,11-12H,2-4,6-7,10H2,1H3,(H,19,20). The number of fused-ring (bicyclic) bond motifs is 1. The van der Waals surface area contributed by atoms with E-state index < -0.39 is 0 Å². The number of rotatable bonds is 4. The van der Waals surface area contributed by atoms with E-state index in [9.17, 15) is 4.39 Å². The Labute approximate surface area is 119 Å². The maximum atomic E-state index is 14.1. The maximum Gasteiger partial charge on any atom is 0.149 e. The fraction of sp³-hybridized carbons (Fsp3) is 0.471. The monoisotopic (exact) mass is 272 g/mol. The fourth-order valence-electron chi connectivity index (χ4n) is 3.07. The molecule has 0 amide bonds. The van der Waals surface area contributed by atoms with Crippen molar-refractivity contribution < 1.29 is 4.39 Å². The number of nitrogens with zero attached hydrogens (tertiary/aromatic N) is 1. The molecule has 0 spiro atoms. The highest BCUT2D eigenvalue weighted by atomic mass is 19.1. The van der Waals surface area contributed by atoms with Gasteiger partial charge in [-0.15, -0.1) is 0 Å². The van der Waals surface area contributed by atoms with Crippen LogP contribution in [-0.4, -0.2) is 11.5 Å². The molecule has 106 valence electrons. The summed E-state index contributed by atoms with van der Waals surface area (Å²) in [6.45, 7) is 3.04. The Bertz CT molecular complexity index is 603. The van der Waals surface area contributed by atoms with Crippen molar-refractivity contribution in [1.82, 2.24) is 4.98 Å². The molecule has 1 aromatic carbocycles. The number of benzene rings is 1. The van der Waals surface area contributed by atoms with Crippen LogP contribution in [0.1, 0.15) is 50.6 Å². The molecule has 2 nitrogen and oxygen atoms in total. The van der Waals surface area contributed by atoms with Crippen molar-refractivity contribution in [2.75, 3.05) is 11.9 Å². The number of nitrogens with one attached hydrogen (secondary N) is 1. The Balaban J connectivity index is 2.09. The quantitative estimate of drug-likeness (QED) is 0.860. The van der Waals surface area contributed by atoms with E-state index >= 15 is 0 Å². The summed E-state index contributed by atoms with van der Waals surface area (Å²) in [5.41, 5.74) is 2.59. The zero-order valence-electron chi connectivity index (χ0n) is 12.0. The van der Waals surface area contributed by atoms with Gasteiger partial charge in [0.2, 0.25) is 0 Å². The summed E-state index contributed by atoms with van der Waals surface area (Å²) in [6, 6.07) is 7.33. The van der Waals surface area contributed by atoms with Crippen LogP contribution in [0.3, 0.4) is 0 Å². The molecule has 1 fully saturated rings. The van der Waals surface area contributed by atoms with Crippen LogP contribution in [0.25, 0.3) is 10.9 Å². The number of para-hydroxylation sites is 1. The molecule has 3 rings (SSSR count). The summed E-state index contributed by atoms with van der Waals surface area (Å²) in [5, 5.41) is 4.31. The van der Waals surface area contributed by atoms with Gasteiger partial charge in [-0.1, -0.05) is 31.9 Å². The molecule has 0 atom stereocenters. The highest BCUT2D eigenvalue weighted by Crippen LogP contribution is 2.36. The van der Waals surface area contributed by atoms with Crippen molar-refractivity contribution in [2.24, 2.45) is 0 Å². The third-order valence-corrected chi connectivity index (χ3v) is 4.15. The third kappa shape index (κ3) is 2.49. The minimum atomic E-state index is -0.220. The van der Waals surface area contributed by atoms with E-state index in [2.05, 4.69) is 23.3 Å². The first-order valence-electron chi connectivity index (χ1n) is 7.62. The fourth-order valence-corrected chi connectivity index (χ4v) is 3.07. The molecule has 1 aromatic heterocycles. The highest BCUT2D eigenvalue weighted by molar-refractivity contribution is 5.91. The summed E-state index contributed by atoms with van der Waals surface area (Å²) in [7, 11) is 0. The molecule has 0 unspecified atom stereocenters. The van der Waals surface area contributed by atoms with Gasteiger partial charge < -0.3 is 5.32 Å². The van der Waals surface area contributed by atoms with Gasteiger partial charge in [-0.3, -0.25) is 0 Å². The minimum absolute atomic E-state index is 0.220. The normalized spacial score (nSPS) is 15.9.